The van der Waals surface area contributed by atoms with Gasteiger partial charge in [0.25, 0.3) is 0 Å². The van der Waals surface area contributed by atoms with Gasteiger partial charge < -0.3 is 14.2 Å². The quantitative estimate of drug-likeness (QED) is 0.0429. The van der Waals surface area contributed by atoms with Gasteiger partial charge in [0.2, 0.25) is 0 Å². The maximum Gasteiger partial charge on any atom is 0.475 e. The van der Waals surface area contributed by atoms with E-state index < -0.39 is 7.82 Å². The van der Waals surface area contributed by atoms with Gasteiger partial charge in [0.05, 0.1) is 59.5 Å². The normalized spacial score (nSPS) is 13.4. The Balaban J connectivity index is 4.84. The van der Waals surface area contributed by atoms with Crippen molar-refractivity contribution in [3.63, 3.8) is 0 Å². The number of phosphoric acid groups is 1. The van der Waals surface area contributed by atoms with Crippen LogP contribution in [0, 0.1) is 17.8 Å². The number of carbonyl (C=O) groups is 3. The predicted octanol–water partition coefficient (Wildman–Crippen LogP) is 27.4. The van der Waals surface area contributed by atoms with E-state index in [1.165, 1.54) is 308 Å². The van der Waals surface area contributed by atoms with Crippen LogP contribution in [0.5, 0.6) is 0 Å². The zero-order valence-electron chi connectivity index (χ0n) is 64.7. The summed E-state index contributed by atoms with van der Waals surface area (Å²) >= 11 is 0. The van der Waals surface area contributed by atoms with E-state index >= 15 is 0 Å². The standard InChI is InChI=1S/C84H165O10P/c1-7-13-16-19-22-25-28-31-34-37-40-43-46-49-52-55-61-79(58-10-4)76-82(85)64-67-89-70-73-92-95(88,93-74-71-90-68-65-83(86)77-80(59-11-5)62-56-53-50-47-44-41-38-35-32-29-26-23-20-17-14-8-2)94-75-72-91-69-66-84(87)78-81(60-12-6)63-57-54-51-48-45-42-39-36-33-30-27-24-21-18-15-9-3/h79-81H,7-78H2,1-6H3. The first-order chi connectivity index (χ1) is 46.7. The second-order valence-corrected chi connectivity index (χ2v) is 31.2. The van der Waals surface area contributed by atoms with Crippen LogP contribution in [0.4, 0.5) is 0 Å². The van der Waals surface area contributed by atoms with Crippen LogP contribution in [0.2, 0.25) is 0 Å². The summed E-state index contributed by atoms with van der Waals surface area (Å²) in [6, 6.07) is 0. The van der Waals surface area contributed by atoms with Gasteiger partial charge in [0.1, 0.15) is 17.3 Å². The van der Waals surface area contributed by atoms with E-state index in [9.17, 15) is 18.9 Å². The third-order valence-corrected chi connectivity index (χ3v) is 21.5. The number of ether oxygens (including phenoxy) is 3. The van der Waals surface area contributed by atoms with Gasteiger partial charge in [0, 0.05) is 38.5 Å². The molecule has 0 aliphatic rings. The van der Waals surface area contributed by atoms with Gasteiger partial charge in [-0.15, -0.1) is 0 Å². The molecule has 0 aromatic rings. The lowest BCUT2D eigenvalue weighted by molar-refractivity contribution is -0.122. The van der Waals surface area contributed by atoms with Crippen LogP contribution in [-0.4, -0.2) is 76.8 Å². The van der Waals surface area contributed by atoms with E-state index in [0.29, 0.717) is 56.3 Å². The minimum Gasteiger partial charge on any atom is -0.379 e. The first-order valence-electron chi connectivity index (χ1n) is 42.5. The van der Waals surface area contributed by atoms with Crippen molar-refractivity contribution < 1.29 is 46.7 Å². The van der Waals surface area contributed by atoms with E-state index in [4.69, 9.17) is 27.8 Å². The molecule has 0 radical (unpaired) electrons. The number of carbonyl (C=O) groups excluding carboxylic acids is 3. The van der Waals surface area contributed by atoms with Crippen LogP contribution in [-0.2, 0) is 46.7 Å². The van der Waals surface area contributed by atoms with Crippen LogP contribution in [0.3, 0.4) is 0 Å². The molecule has 0 aromatic heterocycles. The van der Waals surface area contributed by atoms with Crippen molar-refractivity contribution in [2.75, 3.05) is 59.5 Å². The SMILES string of the molecule is CCCCCCCCCCCCCCCCCCC(CCC)CC(=O)CCOCCOP(=O)(OCCOCCC(=O)CC(CCC)CCCCCCCCCCCCCCCCCC)OCCOCCC(=O)CC(CCC)CCCCCCCCCCCCCCCCCC. The average molecular weight is 1370 g/mol. The molecule has 0 saturated carbocycles. The molecule has 11 heteroatoms. The molecular formula is C84H165O10P. The zero-order chi connectivity index (χ0) is 69.1. The van der Waals surface area contributed by atoms with Crippen LogP contribution >= 0.6 is 7.82 Å². The minimum absolute atomic E-state index is 0.0371. The van der Waals surface area contributed by atoms with Crippen molar-refractivity contribution >= 4 is 25.2 Å². The Kier molecular flexibility index (Phi) is 76.4. The monoisotopic (exact) mass is 1370 g/mol. The molecule has 0 N–H and O–H groups in total. The molecule has 0 spiro atoms. The van der Waals surface area contributed by atoms with Gasteiger partial charge in [-0.2, -0.15) is 0 Å². The van der Waals surface area contributed by atoms with Crippen molar-refractivity contribution in [2.45, 2.75) is 446 Å². The number of hydrogen-bond acceptors (Lipinski definition) is 10. The maximum atomic E-state index is 14.0. The van der Waals surface area contributed by atoms with E-state index in [1.54, 1.807) is 0 Å². The van der Waals surface area contributed by atoms with Crippen LogP contribution in [0.25, 0.3) is 0 Å². The molecular weight excluding hydrogens is 1200 g/mol. The second-order valence-electron chi connectivity index (χ2n) is 29.5. The minimum atomic E-state index is -4.04. The number of Topliss-reactive ketones (excluding diaryl/α,β-unsaturated/α-hetero) is 3. The maximum absolute atomic E-state index is 14.0. The summed E-state index contributed by atoms with van der Waals surface area (Å²) in [5, 5.41) is 0. The molecule has 0 bridgehead atoms. The largest absolute Gasteiger partial charge is 0.475 e. The third-order valence-electron chi connectivity index (χ3n) is 20.0. The van der Waals surface area contributed by atoms with Crippen molar-refractivity contribution in [1.29, 1.82) is 0 Å². The third kappa shape index (κ3) is 71.2. The summed E-state index contributed by atoms with van der Waals surface area (Å²) < 4.78 is 48.7. The molecule has 0 heterocycles. The Bertz CT molecular complexity index is 1430. The van der Waals surface area contributed by atoms with Crippen molar-refractivity contribution in [2.24, 2.45) is 17.8 Å². The van der Waals surface area contributed by atoms with E-state index in [2.05, 4.69) is 41.5 Å². The van der Waals surface area contributed by atoms with E-state index in [-0.39, 0.29) is 76.8 Å². The molecule has 0 aromatic carbocycles. The van der Waals surface area contributed by atoms with Gasteiger partial charge in [0.15, 0.2) is 0 Å². The first kappa shape index (κ1) is 94.0. The fourth-order valence-corrected chi connectivity index (χ4v) is 15.2. The summed E-state index contributed by atoms with van der Waals surface area (Å²) in [6.45, 7) is 14.6. The Morgan fingerprint density at radius 3 is 0.579 bits per heavy atom. The second kappa shape index (κ2) is 77.2. The predicted molar refractivity (Wildman–Crippen MR) is 408 cm³/mol. The molecule has 3 atom stereocenters. The fraction of sp³-hybridized carbons (Fsp3) is 0.964. The molecule has 10 nitrogen and oxygen atoms in total. The Morgan fingerprint density at radius 2 is 0.400 bits per heavy atom. The number of phosphoric ester groups is 1. The lowest BCUT2D eigenvalue weighted by Crippen LogP contribution is -2.15. The summed E-state index contributed by atoms with van der Waals surface area (Å²) in [4.78, 5) is 39.3. The van der Waals surface area contributed by atoms with Crippen LogP contribution < -0.4 is 0 Å². The highest BCUT2D eigenvalue weighted by molar-refractivity contribution is 7.48. The van der Waals surface area contributed by atoms with Crippen LogP contribution in [0.1, 0.15) is 446 Å². The van der Waals surface area contributed by atoms with Crippen LogP contribution in [0.15, 0.2) is 0 Å². The average Bonchev–Trinajstić information content (AvgIpc) is 2.41. The molecule has 0 aliphatic carbocycles. The van der Waals surface area contributed by atoms with Gasteiger partial charge >= 0.3 is 7.82 Å². The van der Waals surface area contributed by atoms with E-state index in [0.717, 1.165) is 57.8 Å². The van der Waals surface area contributed by atoms with Gasteiger partial charge in [-0.25, -0.2) is 4.57 Å². The number of ketones is 3. The molecule has 566 valence electrons. The first-order valence-corrected chi connectivity index (χ1v) is 43.9. The van der Waals surface area contributed by atoms with Gasteiger partial charge in [-0.3, -0.25) is 28.0 Å². The van der Waals surface area contributed by atoms with Gasteiger partial charge in [-0.05, 0) is 17.8 Å². The van der Waals surface area contributed by atoms with Crippen molar-refractivity contribution in [3.05, 3.63) is 0 Å². The Hall–Kier alpha value is -1.00. The molecule has 0 fully saturated rings. The fourth-order valence-electron chi connectivity index (χ4n) is 14.1. The molecule has 0 rings (SSSR count). The highest BCUT2D eigenvalue weighted by Gasteiger charge is 2.27. The summed E-state index contributed by atoms with van der Waals surface area (Å²) in [6.07, 6.45) is 78.2. The van der Waals surface area contributed by atoms with Crippen molar-refractivity contribution in [1.82, 2.24) is 0 Å². The smallest absolute Gasteiger partial charge is 0.379 e. The summed E-state index contributed by atoms with van der Waals surface area (Å²) in [7, 11) is -4.04. The molecule has 95 heavy (non-hydrogen) atoms. The van der Waals surface area contributed by atoms with Gasteiger partial charge in [-0.1, -0.05) is 408 Å². The number of rotatable bonds is 84. The number of hydrogen-bond donors (Lipinski definition) is 0. The molecule has 0 saturated heterocycles. The lowest BCUT2D eigenvalue weighted by Gasteiger charge is -2.18. The Labute approximate surface area is 592 Å². The van der Waals surface area contributed by atoms with E-state index in [1.807, 2.05) is 0 Å². The number of unbranched alkanes of at least 4 members (excludes halogenated alkanes) is 45. The Morgan fingerprint density at radius 1 is 0.221 bits per heavy atom. The topological polar surface area (TPSA) is 124 Å². The van der Waals surface area contributed by atoms with Crippen molar-refractivity contribution in [3.8, 4) is 0 Å². The highest BCUT2D eigenvalue weighted by Crippen LogP contribution is 2.49. The summed E-state index contributed by atoms with van der Waals surface area (Å²) in [5.41, 5.74) is 0. The summed E-state index contributed by atoms with van der Waals surface area (Å²) in [5.74, 6) is 2.00. The molecule has 0 aliphatic heterocycles. The zero-order valence-corrected chi connectivity index (χ0v) is 65.6. The lowest BCUT2D eigenvalue weighted by atomic mass is 9.90. The molecule has 3 unspecified atom stereocenters. The highest BCUT2D eigenvalue weighted by atomic mass is 31.2. The molecule has 0 amide bonds.